The van der Waals surface area contributed by atoms with Crippen LogP contribution in [0.25, 0.3) is 0 Å². The Morgan fingerprint density at radius 2 is 1.58 bits per heavy atom. The first-order valence-corrected chi connectivity index (χ1v) is 12.7. The summed E-state index contributed by atoms with van der Waals surface area (Å²) < 4.78 is 5.96. The van der Waals surface area contributed by atoms with Gasteiger partial charge in [0.2, 0.25) is 5.91 Å². The van der Waals surface area contributed by atoms with Gasteiger partial charge in [-0.15, -0.1) is 0 Å². The second-order valence-electron chi connectivity index (χ2n) is 9.59. The Kier molecular flexibility index (Phi) is 9.69. The Morgan fingerprint density at radius 1 is 0.889 bits per heavy atom. The lowest BCUT2D eigenvalue weighted by Crippen LogP contribution is -2.53. The molecule has 3 aromatic carbocycles. The van der Waals surface area contributed by atoms with E-state index in [1.165, 1.54) is 0 Å². The van der Waals surface area contributed by atoms with Gasteiger partial charge in [0.25, 0.3) is 5.91 Å². The maximum Gasteiger partial charge on any atom is 0.261 e. The van der Waals surface area contributed by atoms with Gasteiger partial charge in [0.1, 0.15) is 11.8 Å². The molecule has 3 rings (SSSR count). The van der Waals surface area contributed by atoms with Crippen LogP contribution in [0, 0.1) is 20.8 Å². The molecule has 0 fully saturated rings. The van der Waals surface area contributed by atoms with Crippen molar-refractivity contribution in [2.24, 2.45) is 0 Å². The SMILES string of the molecule is CC[C@H](C)NC(=O)[C@@H](Cc1ccccc1)N(Cc1cccc(C)c1)C(=O)COc1ccc(C)cc1C. The van der Waals surface area contributed by atoms with Gasteiger partial charge in [-0.05, 0) is 56.9 Å². The molecule has 0 bridgehead atoms. The summed E-state index contributed by atoms with van der Waals surface area (Å²) in [5.41, 5.74) is 5.19. The van der Waals surface area contributed by atoms with Crippen LogP contribution in [-0.4, -0.2) is 35.4 Å². The summed E-state index contributed by atoms with van der Waals surface area (Å²) >= 11 is 0. The molecule has 0 aliphatic rings. The Bertz CT molecular complexity index is 1160. The van der Waals surface area contributed by atoms with Crippen molar-refractivity contribution in [2.45, 2.75) is 66.1 Å². The predicted octanol–water partition coefficient (Wildman–Crippen LogP) is 5.55. The van der Waals surface area contributed by atoms with E-state index in [1.54, 1.807) is 4.90 Å². The van der Waals surface area contributed by atoms with E-state index in [-0.39, 0.29) is 24.5 Å². The number of aryl methyl sites for hydroxylation is 3. The Hall–Kier alpha value is -3.60. The minimum atomic E-state index is -0.669. The maximum atomic E-state index is 13.7. The number of ether oxygens (including phenoxy) is 1. The van der Waals surface area contributed by atoms with E-state index in [0.717, 1.165) is 34.2 Å². The number of benzene rings is 3. The van der Waals surface area contributed by atoms with E-state index in [4.69, 9.17) is 4.74 Å². The molecule has 0 aromatic heterocycles. The van der Waals surface area contributed by atoms with Gasteiger partial charge in [0.15, 0.2) is 6.61 Å². The molecule has 0 radical (unpaired) electrons. The summed E-state index contributed by atoms with van der Waals surface area (Å²) in [6.45, 7) is 10.2. The number of amides is 2. The largest absolute Gasteiger partial charge is 0.483 e. The fourth-order valence-electron chi connectivity index (χ4n) is 4.19. The van der Waals surface area contributed by atoms with Crippen LogP contribution in [0.5, 0.6) is 5.75 Å². The number of carbonyl (C=O) groups excluding carboxylic acids is 2. The van der Waals surface area contributed by atoms with E-state index in [2.05, 4.69) is 11.4 Å². The molecule has 5 nitrogen and oxygen atoms in total. The summed E-state index contributed by atoms with van der Waals surface area (Å²) in [5.74, 6) is 0.297. The van der Waals surface area contributed by atoms with Gasteiger partial charge < -0.3 is 15.0 Å². The third kappa shape index (κ3) is 7.70. The summed E-state index contributed by atoms with van der Waals surface area (Å²) in [6.07, 6.45) is 1.23. The zero-order valence-corrected chi connectivity index (χ0v) is 22.1. The van der Waals surface area contributed by atoms with Crippen LogP contribution in [-0.2, 0) is 22.6 Å². The van der Waals surface area contributed by atoms with Crippen molar-refractivity contribution < 1.29 is 14.3 Å². The third-order valence-electron chi connectivity index (χ3n) is 6.39. The van der Waals surface area contributed by atoms with Crippen LogP contribution in [0.3, 0.4) is 0 Å². The molecule has 0 saturated heterocycles. The summed E-state index contributed by atoms with van der Waals surface area (Å²) in [6, 6.07) is 23.1. The van der Waals surface area contributed by atoms with Gasteiger partial charge in [0.05, 0.1) is 0 Å². The summed E-state index contributed by atoms with van der Waals surface area (Å²) in [7, 11) is 0. The number of hydrogen-bond acceptors (Lipinski definition) is 3. The lowest BCUT2D eigenvalue weighted by molar-refractivity contribution is -0.143. The Labute approximate surface area is 215 Å². The monoisotopic (exact) mass is 486 g/mol. The van der Waals surface area contributed by atoms with Gasteiger partial charge in [-0.2, -0.15) is 0 Å². The average Bonchev–Trinajstić information content (AvgIpc) is 2.86. The van der Waals surface area contributed by atoms with Gasteiger partial charge in [-0.25, -0.2) is 0 Å². The fourth-order valence-corrected chi connectivity index (χ4v) is 4.19. The van der Waals surface area contributed by atoms with Crippen LogP contribution < -0.4 is 10.1 Å². The van der Waals surface area contributed by atoms with Crippen molar-refractivity contribution in [1.29, 1.82) is 0 Å². The van der Waals surface area contributed by atoms with Gasteiger partial charge in [-0.3, -0.25) is 9.59 Å². The molecule has 5 heteroatoms. The molecular formula is C31H38N2O3. The number of nitrogens with one attached hydrogen (secondary N) is 1. The quantitative estimate of drug-likeness (QED) is 0.387. The minimum absolute atomic E-state index is 0.0122. The highest BCUT2D eigenvalue weighted by molar-refractivity contribution is 5.88. The minimum Gasteiger partial charge on any atom is -0.483 e. The molecule has 0 aliphatic carbocycles. The second kappa shape index (κ2) is 12.9. The summed E-state index contributed by atoms with van der Waals surface area (Å²) in [5, 5.41) is 3.10. The molecule has 1 N–H and O–H groups in total. The lowest BCUT2D eigenvalue weighted by Gasteiger charge is -2.32. The molecule has 2 amide bonds. The van der Waals surface area contributed by atoms with E-state index in [0.29, 0.717) is 18.7 Å². The molecule has 0 spiro atoms. The maximum absolute atomic E-state index is 13.7. The van der Waals surface area contributed by atoms with Gasteiger partial charge in [0, 0.05) is 19.0 Å². The molecule has 0 aliphatic heterocycles. The van der Waals surface area contributed by atoms with E-state index in [9.17, 15) is 9.59 Å². The zero-order chi connectivity index (χ0) is 26.1. The van der Waals surface area contributed by atoms with Crippen LogP contribution in [0.4, 0.5) is 0 Å². The van der Waals surface area contributed by atoms with E-state index in [1.807, 2.05) is 101 Å². The van der Waals surface area contributed by atoms with Crippen LogP contribution >= 0.6 is 0 Å². The first-order chi connectivity index (χ1) is 17.3. The van der Waals surface area contributed by atoms with Crippen molar-refractivity contribution in [3.8, 4) is 5.75 Å². The lowest BCUT2D eigenvalue weighted by atomic mass is 10.0. The normalized spacial score (nSPS) is 12.5. The molecular weight excluding hydrogens is 448 g/mol. The molecule has 36 heavy (non-hydrogen) atoms. The molecule has 0 unspecified atom stereocenters. The van der Waals surface area contributed by atoms with Gasteiger partial charge in [-0.1, -0.05) is 84.8 Å². The van der Waals surface area contributed by atoms with Crippen molar-refractivity contribution >= 4 is 11.8 Å². The summed E-state index contributed by atoms with van der Waals surface area (Å²) in [4.78, 5) is 28.9. The third-order valence-corrected chi connectivity index (χ3v) is 6.39. The molecule has 190 valence electrons. The Balaban J connectivity index is 1.92. The highest BCUT2D eigenvalue weighted by Gasteiger charge is 2.31. The van der Waals surface area contributed by atoms with Crippen molar-refractivity contribution in [3.63, 3.8) is 0 Å². The van der Waals surface area contributed by atoms with Crippen LogP contribution in [0.2, 0.25) is 0 Å². The molecule has 3 aromatic rings. The highest BCUT2D eigenvalue weighted by Crippen LogP contribution is 2.20. The number of hydrogen-bond donors (Lipinski definition) is 1. The highest BCUT2D eigenvalue weighted by atomic mass is 16.5. The molecule has 0 saturated carbocycles. The van der Waals surface area contributed by atoms with Crippen LogP contribution in [0.1, 0.15) is 48.1 Å². The van der Waals surface area contributed by atoms with Crippen molar-refractivity contribution in [2.75, 3.05) is 6.61 Å². The van der Waals surface area contributed by atoms with Crippen molar-refractivity contribution in [1.82, 2.24) is 10.2 Å². The number of carbonyl (C=O) groups is 2. The van der Waals surface area contributed by atoms with Gasteiger partial charge >= 0.3 is 0 Å². The topological polar surface area (TPSA) is 58.6 Å². The molecule has 0 heterocycles. The van der Waals surface area contributed by atoms with E-state index >= 15 is 0 Å². The fraction of sp³-hybridized carbons (Fsp3) is 0.355. The molecule has 2 atom stereocenters. The zero-order valence-electron chi connectivity index (χ0n) is 22.1. The number of rotatable bonds is 11. The Morgan fingerprint density at radius 3 is 2.25 bits per heavy atom. The van der Waals surface area contributed by atoms with E-state index < -0.39 is 6.04 Å². The van der Waals surface area contributed by atoms with Crippen molar-refractivity contribution in [3.05, 3.63) is 101 Å². The van der Waals surface area contributed by atoms with Crippen LogP contribution in [0.15, 0.2) is 72.8 Å². The predicted molar refractivity (Wildman–Crippen MR) is 145 cm³/mol. The smallest absolute Gasteiger partial charge is 0.261 e. The second-order valence-corrected chi connectivity index (χ2v) is 9.59. The number of nitrogens with zero attached hydrogens (tertiary/aromatic N) is 1. The first kappa shape index (κ1) is 27.0. The standard InChI is InChI=1S/C31H38N2O3/c1-6-25(5)32-31(35)28(19-26-12-8-7-9-13-26)33(20-27-14-10-11-22(2)18-27)30(34)21-36-29-16-15-23(3)17-24(29)4/h7-18,25,28H,6,19-21H2,1-5H3,(H,32,35)/t25-,28+/m0/s1. The average molecular weight is 487 g/mol. The first-order valence-electron chi connectivity index (χ1n) is 12.7.